The summed E-state index contributed by atoms with van der Waals surface area (Å²) in [4.78, 5) is 13.8. The van der Waals surface area contributed by atoms with Gasteiger partial charge in [0, 0.05) is 25.2 Å². The molecule has 2 amide bonds. The standard InChI is InChI=1S/C18H21ClN2O2/c1-21(13-14-7-9-16(23-2)10-8-14)18(22)20-12-11-15-5-3-4-6-17(15)19/h3-10H,11-13H2,1-2H3,(H,20,22). The first kappa shape index (κ1) is 17.2. The number of methoxy groups -OCH3 is 1. The molecule has 0 heterocycles. The van der Waals surface area contributed by atoms with Crippen molar-refractivity contribution >= 4 is 17.6 Å². The number of nitrogens with one attached hydrogen (secondary N) is 1. The zero-order valence-corrected chi connectivity index (χ0v) is 14.1. The van der Waals surface area contributed by atoms with E-state index in [9.17, 15) is 4.79 Å². The number of carbonyl (C=O) groups excluding carboxylic acids is 1. The largest absolute Gasteiger partial charge is 0.497 e. The van der Waals surface area contributed by atoms with E-state index in [1.54, 1.807) is 19.1 Å². The van der Waals surface area contributed by atoms with Crippen LogP contribution >= 0.6 is 11.6 Å². The van der Waals surface area contributed by atoms with Gasteiger partial charge in [0.15, 0.2) is 0 Å². The van der Waals surface area contributed by atoms with Crippen molar-refractivity contribution in [2.24, 2.45) is 0 Å². The second-order valence-electron chi connectivity index (χ2n) is 5.28. The third kappa shape index (κ3) is 5.18. The fraction of sp³-hybridized carbons (Fsp3) is 0.278. The fourth-order valence-electron chi connectivity index (χ4n) is 2.22. The Morgan fingerprint density at radius 2 is 1.87 bits per heavy atom. The molecule has 0 aliphatic carbocycles. The van der Waals surface area contributed by atoms with Crippen molar-refractivity contribution in [3.8, 4) is 5.75 Å². The van der Waals surface area contributed by atoms with Gasteiger partial charge in [0.2, 0.25) is 0 Å². The van der Waals surface area contributed by atoms with Gasteiger partial charge in [-0.05, 0) is 35.7 Å². The lowest BCUT2D eigenvalue weighted by atomic mass is 10.1. The molecule has 0 fully saturated rings. The maximum Gasteiger partial charge on any atom is 0.317 e. The van der Waals surface area contributed by atoms with Gasteiger partial charge in [0.05, 0.1) is 7.11 Å². The summed E-state index contributed by atoms with van der Waals surface area (Å²) in [5.41, 5.74) is 2.09. The number of halogens is 1. The monoisotopic (exact) mass is 332 g/mol. The molecule has 0 aromatic heterocycles. The van der Waals surface area contributed by atoms with Gasteiger partial charge in [-0.25, -0.2) is 4.79 Å². The molecule has 1 N–H and O–H groups in total. The Labute approximate surface area is 142 Å². The minimum Gasteiger partial charge on any atom is -0.497 e. The molecule has 0 aliphatic heterocycles. The summed E-state index contributed by atoms with van der Waals surface area (Å²) in [5.74, 6) is 0.806. The van der Waals surface area contributed by atoms with E-state index in [1.165, 1.54) is 0 Å². The molecule has 0 bridgehead atoms. The Kier molecular flexibility index (Phi) is 6.29. The molecule has 5 heteroatoms. The smallest absolute Gasteiger partial charge is 0.317 e. The fourth-order valence-corrected chi connectivity index (χ4v) is 2.45. The second-order valence-corrected chi connectivity index (χ2v) is 5.68. The average Bonchev–Trinajstić information content (AvgIpc) is 2.57. The predicted octanol–water partition coefficient (Wildman–Crippen LogP) is 3.73. The van der Waals surface area contributed by atoms with Crippen LogP contribution in [0.5, 0.6) is 5.75 Å². The first-order chi connectivity index (χ1) is 11.1. The highest BCUT2D eigenvalue weighted by atomic mass is 35.5. The summed E-state index contributed by atoms with van der Waals surface area (Å²) in [6.07, 6.45) is 0.710. The Morgan fingerprint density at radius 1 is 1.17 bits per heavy atom. The van der Waals surface area contributed by atoms with Gasteiger partial charge in [0.25, 0.3) is 0 Å². The number of urea groups is 1. The van der Waals surface area contributed by atoms with Crippen LogP contribution in [0, 0.1) is 0 Å². The van der Waals surface area contributed by atoms with Gasteiger partial charge in [-0.15, -0.1) is 0 Å². The van der Waals surface area contributed by atoms with Crippen LogP contribution in [0.3, 0.4) is 0 Å². The summed E-state index contributed by atoms with van der Waals surface area (Å²) in [5, 5.41) is 3.63. The maximum atomic E-state index is 12.1. The van der Waals surface area contributed by atoms with Gasteiger partial charge in [-0.3, -0.25) is 0 Å². The first-order valence-electron chi connectivity index (χ1n) is 7.45. The van der Waals surface area contributed by atoms with Crippen molar-refractivity contribution in [1.82, 2.24) is 10.2 Å². The average molecular weight is 333 g/mol. The van der Waals surface area contributed by atoms with Gasteiger partial charge < -0.3 is 15.0 Å². The highest BCUT2D eigenvalue weighted by Gasteiger charge is 2.09. The zero-order valence-electron chi connectivity index (χ0n) is 13.4. The lowest BCUT2D eigenvalue weighted by Crippen LogP contribution is -2.37. The lowest BCUT2D eigenvalue weighted by Gasteiger charge is -2.18. The number of carbonyl (C=O) groups is 1. The van der Waals surface area contributed by atoms with Crippen LogP contribution in [0.2, 0.25) is 5.02 Å². The van der Waals surface area contributed by atoms with Crippen LogP contribution in [-0.4, -0.2) is 31.6 Å². The maximum absolute atomic E-state index is 12.1. The van der Waals surface area contributed by atoms with E-state index in [-0.39, 0.29) is 6.03 Å². The summed E-state index contributed by atoms with van der Waals surface area (Å²) >= 11 is 6.10. The molecule has 2 aromatic carbocycles. The van der Waals surface area contributed by atoms with Crippen molar-refractivity contribution in [2.45, 2.75) is 13.0 Å². The summed E-state index contributed by atoms with van der Waals surface area (Å²) in [7, 11) is 3.41. The van der Waals surface area contributed by atoms with Crippen LogP contribution in [0.4, 0.5) is 4.79 Å². The molecule has 0 radical (unpaired) electrons. The van der Waals surface area contributed by atoms with E-state index in [4.69, 9.17) is 16.3 Å². The van der Waals surface area contributed by atoms with Crippen LogP contribution in [-0.2, 0) is 13.0 Å². The molecule has 0 spiro atoms. The number of benzene rings is 2. The van der Waals surface area contributed by atoms with Crippen LogP contribution < -0.4 is 10.1 Å². The van der Waals surface area contributed by atoms with E-state index in [0.29, 0.717) is 19.5 Å². The third-order valence-corrected chi connectivity index (χ3v) is 3.92. The molecule has 2 rings (SSSR count). The zero-order chi connectivity index (χ0) is 16.7. The molecule has 23 heavy (non-hydrogen) atoms. The number of nitrogens with zero attached hydrogens (tertiary/aromatic N) is 1. The Morgan fingerprint density at radius 3 is 2.52 bits per heavy atom. The SMILES string of the molecule is COc1ccc(CN(C)C(=O)NCCc2ccccc2Cl)cc1. The first-order valence-corrected chi connectivity index (χ1v) is 7.83. The van der Waals surface area contributed by atoms with Crippen molar-refractivity contribution in [3.63, 3.8) is 0 Å². The van der Waals surface area contributed by atoms with Gasteiger partial charge >= 0.3 is 6.03 Å². The Balaban J connectivity index is 1.79. The predicted molar refractivity (Wildman–Crippen MR) is 93.0 cm³/mol. The van der Waals surface area contributed by atoms with Crippen molar-refractivity contribution < 1.29 is 9.53 Å². The van der Waals surface area contributed by atoms with Crippen LogP contribution in [0.15, 0.2) is 48.5 Å². The number of amides is 2. The van der Waals surface area contributed by atoms with Gasteiger partial charge in [-0.1, -0.05) is 41.9 Å². The second kappa shape index (κ2) is 8.44. The van der Waals surface area contributed by atoms with E-state index in [2.05, 4.69) is 5.32 Å². The van der Waals surface area contributed by atoms with E-state index in [0.717, 1.165) is 21.9 Å². The topological polar surface area (TPSA) is 41.6 Å². The number of hydrogen-bond acceptors (Lipinski definition) is 2. The minimum atomic E-state index is -0.104. The minimum absolute atomic E-state index is 0.104. The third-order valence-electron chi connectivity index (χ3n) is 3.55. The number of ether oxygens (including phenoxy) is 1. The van der Waals surface area contributed by atoms with Crippen molar-refractivity contribution in [1.29, 1.82) is 0 Å². The quantitative estimate of drug-likeness (QED) is 0.875. The summed E-state index contributed by atoms with van der Waals surface area (Å²) in [6.45, 7) is 1.09. The highest BCUT2D eigenvalue weighted by Crippen LogP contribution is 2.15. The number of hydrogen-bond donors (Lipinski definition) is 1. The van der Waals surface area contributed by atoms with Crippen molar-refractivity contribution in [3.05, 3.63) is 64.7 Å². The molecular formula is C18H21ClN2O2. The highest BCUT2D eigenvalue weighted by molar-refractivity contribution is 6.31. The normalized spacial score (nSPS) is 10.2. The Hall–Kier alpha value is -2.20. The molecule has 0 atom stereocenters. The van der Waals surface area contributed by atoms with Crippen LogP contribution in [0.1, 0.15) is 11.1 Å². The van der Waals surface area contributed by atoms with Gasteiger partial charge in [-0.2, -0.15) is 0 Å². The Bertz CT molecular complexity index is 644. The lowest BCUT2D eigenvalue weighted by molar-refractivity contribution is 0.207. The molecule has 4 nitrogen and oxygen atoms in total. The summed E-state index contributed by atoms with van der Waals surface area (Å²) in [6, 6.07) is 15.2. The summed E-state index contributed by atoms with van der Waals surface area (Å²) < 4.78 is 5.12. The van der Waals surface area contributed by atoms with E-state index >= 15 is 0 Å². The molecule has 2 aromatic rings. The molecule has 122 valence electrons. The van der Waals surface area contributed by atoms with Gasteiger partial charge in [0.1, 0.15) is 5.75 Å². The molecular weight excluding hydrogens is 312 g/mol. The van der Waals surface area contributed by atoms with E-state index in [1.807, 2.05) is 48.5 Å². The molecule has 0 unspecified atom stereocenters. The van der Waals surface area contributed by atoms with Crippen LogP contribution in [0.25, 0.3) is 0 Å². The number of rotatable bonds is 6. The van der Waals surface area contributed by atoms with E-state index < -0.39 is 0 Å². The van der Waals surface area contributed by atoms with Crippen molar-refractivity contribution in [2.75, 3.05) is 20.7 Å². The molecule has 0 aliphatic rings. The molecule has 0 saturated carbocycles. The molecule has 0 saturated heterocycles.